The number of rotatable bonds is 2. The van der Waals surface area contributed by atoms with E-state index in [9.17, 15) is 0 Å². The summed E-state index contributed by atoms with van der Waals surface area (Å²) in [6.07, 6.45) is 4.64. The van der Waals surface area contributed by atoms with Crippen LogP contribution in [0.3, 0.4) is 0 Å². The van der Waals surface area contributed by atoms with E-state index in [4.69, 9.17) is 0 Å². The van der Waals surface area contributed by atoms with Gasteiger partial charge in [-0.1, -0.05) is 38.1 Å². The van der Waals surface area contributed by atoms with Crippen molar-refractivity contribution in [2.24, 2.45) is 0 Å². The number of thioether (sulfide) groups is 1. The number of hydrogen-bond acceptors (Lipinski definition) is 1. The van der Waals surface area contributed by atoms with Gasteiger partial charge in [0.15, 0.2) is 0 Å². The Balaban J connectivity index is 2.44. The van der Waals surface area contributed by atoms with Crippen LogP contribution in [0.1, 0.15) is 43.4 Å². The van der Waals surface area contributed by atoms with Gasteiger partial charge in [0.1, 0.15) is 0 Å². The van der Waals surface area contributed by atoms with Crippen molar-refractivity contribution in [2.75, 3.05) is 5.75 Å². The third kappa shape index (κ3) is 2.84. The summed E-state index contributed by atoms with van der Waals surface area (Å²) in [4.78, 5) is 1.41. The third-order valence-corrected chi connectivity index (χ3v) is 4.12. The van der Waals surface area contributed by atoms with Gasteiger partial charge in [-0.2, -0.15) is 0 Å². The Bertz CT molecular complexity index is 478. The van der Waals surface area contributed by atoms with Gasteiger partial charge in [0.25, 0.3) is 0 Å². The van der Waals surface area contributed by atoms with Gasteiger partial charge >= 0.3 is 0 Å². The fraction of sp³-hybridized carbons (Fsp3) is 0.375. The molecule has 0 aromatic heterocycles. The van der Waals surface area contributed by atoms with Crippen molar-refractivity contribution in [1.29, 1.82) is 0 Å². The first-order valence-electron chi connectivity index (χ1n) is 6.20. The Hall–Kier alpha value is -0.950. The molecule has 0 bridgehead atoms. The maximum Gasteiger partial charge on any atom is 0.0166 e. The summed E-state index contributed by atoms with van der Waals surface area (Å²) in [6, 6.07) is 6.85. The van der Waals surface area contributed by atoms with Gasteiger partial charge in [0.05, 0.1) is 0 Å². The smallest absolute Gasteiger partial charge is 0.0166 e. The van der Waals surface area contributed by atoms with Crippen LogP contribution in [0.2, 0.25) is 0 Å². The highest BCUT2D eigenvalue weighted by Crippen LogP contribution is 2.31. The molecule has 90 valence electrons. The lowest BCUT2D eigenvalue weighted by Crippen LogP contribution is -1.95. The highest BCUT2D eigenvalue weighted by Gasteiger charge is 2.09. The number of benzene rings is 1. The largest absolute Gasteiger partial charge is 0.127 e. The molecule has 0 unspecified atom stereocenters. The van der Waals surface area contributed by atoms with Crippen LogP contribution in [0.25, 0.3) is 5.57 Å². The quantitative estimate of drug-likeness (QED) is 0.693. The summed E-state index contributed by atoms with van der Waals surface area (Å²) < 4.78 is 0. The van der Waals surface area contributed by atoms with E-state index in [-0.39, 0.29) is 0 Å². The van der Waals surface area contributed by atoms with Crippen LogP contribution < -0.4 is 0 Å². The molecule has 0 radical (unpaired) electrons. The molecule has 1 aromatic carbocycles. The summed E-state index contributed by atoms with van der Waals surface area (Å²) in [6.45, 7) is 8.89. The van der Waals surface area contributed by atoms with Crippen LogP contribution in [-0.2, 0) is 0 Å². The fourth-order valence-electron chi connectivity index (χ4n) is 2.08. The second-order valence-corrected chi connectivity index (χ2v) is 6.22. The summed E-state index contributed by atoms with van der Waals surface area (Å²) in [5.74, 6) is 1.70. The Morgan fingerprint density at radius 1 is 1.18 bits per heavy atom. The van der Waals surface area contributed by atoms with Gasteiger partial charge in [0.2, 0.25) is 0 Å². The minimum Gasteiger partial charge on any atom is -0.127 e. The van der Waals surface area contributed by atoms with E-state index < -0.39 is 0 Å². The molecule has 0 saturated heterocycles. The summed E-state index contributed by atoms with van der Waals surface area (Å²) in [5, 5.41) is 0. The molecule has 1 heteroatoms. The van der Waals surface area contributed by atoms with Crippen LogP contribution in [0.15, 0.2) is 35.3 Å². The molecular weight excluding hydrogens is 224 g/mol. The van der Waals surface area contributed by atoms with Gasteiger partial charge in [-0.15, -0.1) is 11.8 Å². The summed E-state index contributed by atoms with van der Waals surface area (Å²) in [7, 11) is 0. The average Bonchev–Trinajstić information content (AvgIpc) is 2.29. The first-order chi connectivity index (χ1) is 8.08. The average molecular weight is 244 g/mol. The van der Waals surface area contributed by atoms with Crippen molar-refractivity contribution in [1.82, 2.24) is 0 Å². The van der Waals surface area contributed by atoms with Gasteiger partial charge in [0, 0.05) is 5.75 Å². The fourth-order valence-corrected chi connectivity index (χ4v) is 2.82. The summed E-state index contributed by atoms with van der Waals surface area (Å²) in [5.41, 5.74) is 5.59. The Kier molecular flexibility index (Phi) is 3.78. The minimum absolute atomic E-state index is 0.595. The number of hydrogen-bond donors (Lipinski definition) is 0. The molecule has 0 N–H and O–H groups in total. The lowest BCUT2D eigenvalue weighted by molar-refractivity contribution is 0.865. The predicted octanol–water partition coefficient (Wildman–Crippen LogP) is 5.15. The van der Waals surface area contributed by atoms with E-state index in [1.54, 1.807) is 0 Å². The lowest BCUT2D eigenvalue weighted by atomic mass is 9.93. The zero-order valence-electron chi connectivity index (χ0n) is 11.1. The molecule has 2 rings (SSSR count). The van der Waals surface area contributed by atoms with Crippen molar-refractivity contribution in [3.8, 4) is 0 Å². The molecule has 0 saturated carbocycles. The zero-order valence-corrected chi connectivity index (χ0v) is 11.9. The first-order valence-corrected chi connectivity index (χ1v) is 7.18. The molecule has 0 spiro atoms. The molecule has 0 aliphatic carbocycles. The zero-order chi connectivity index (χ0) is 12.4. The van der Waals surface area contributed by atoms with Crippen LogP contribution in [0.4, 0.5) is 0 Å². The van der Waals surface area contributed by atoms with Gasteiger partial charge in [-0.3, -0.25) is 0 Å². The molecule has 1 aliphatic heterocycles. The minimum atomic E-state index is 0.595. The molecule has 1 aliphatic rings. The molecule has 1 aromatic rings. The normalized spacial score (nSPS) is 15.8. The van der Waals surface area contributed by atoms with Gasteiger partial charge < -0.3 is 0 Å². The van der Waals surface area contributed by atoms with E-state index in [0.717, 1.165) is 5.75 Å². The van der Waals surface area contributed by atoms with Gasteiger partial charge in [-0.05, 0) is 53.0 Å². The standard InChI is InChI=1S/C16H20S/c1-11(2)14-6-5-12(3)16(10-14)15-7-8-17-13(4)9-15/h5-7,9-11H,8H2,1-4H3. The Labute approximate surface area is 109 Å². The van der Waals surface area contributed by atoms with Crippen LogP contribution in [-0.4, -0.2) is 5.75 Å². The monoisotopic (exact) mass is 244 g/mol. The van der Waals surface area contributed by atoms with Gasteiger partial charge in [-0.25, -0.2) is 0 Å². The topological polar surface area (TPSA) is 0 Å². The Morgan fingerprint density at radius 2 is 1.94 bits per heavy atom. The van der Waals surface area contributed by atoms with E-state index >= 15 is 0 Å². The molecule has 17 heavy (non-hydrogen) atoms. The SMILES string of the molecule is CC1=CC(c2cc(C(C)C)ccc2C)=CCS1. The van der Waals surface area contributed by atoms with Crippen molar-refractivity contribution in [3.63, 3.8) is 0 Å². The third-order valence-electron chi connectivity index (χ3n) is 3.21. The molecule has 1 heterocycles. The second-order valence-electron chi connectivity index (χ2n) is 4.95. The summed E-state index contributed by atoms with van der Waals surface area (Å²) >= 11 is 1.92. The maximum atomic E-state index is 2.35. The highest BCUT2D eigenvalue weighted by molar-refractivity contribution is 8.03. The number of allylic oxidation sites excluding steroid dienone is 3. The predicted molar refractivity (Wildman–Crippen MR) is 79.5 cm³/mol. The van der Waals surface area contributed by atoms with Crippen LogP contribution in [0.5, 0.6) is 0 Å². The maximum absolute atomic E-state index is 2.35. The van der Waals surface area contributed by atoms with E-state index in [1.807, 2.05) is 11.8 Å². The van der Waals surface area contributed by atoms with Crippen molar-refractivity contribution in [3.05, 3.63) is 51.9 Å². The molecule has 0 nitrogen and oxygen atoms in total. The second kappa shape index (κ2) is 5.14. The van der Waals surface area contributed by atoms with E-state index in [2.05, 4.69) is 58.0 Å². The number of aryl methyl sites for hydroxylation is 1. The molecule has 0 atom stereocenters. The molecular formula is C16H20S. The van der Waals surface area contributed by atoms with Crippen LogP contribution in [0, 0.1) is 6.92 Å². The van der Waals surface area contributed by atoms with Crippen molar-refractivity contribution >= 4 is 17.3 Å². The first kappa shape index (κ1) is 12.5. The van der Waals surface area contributed by atoms with E-state index in [0.29, 0.717) is 5.92 Å². The lowest BCUT2D eigenvalue weighted by Gasteiger charge is -2.15. The van der Waals surface area contributed by atoms with E-state index in [1.165, 1.54) is 27.2 Å². The molecule has 0 fully saturated rings. The molecule has 0 amide bonds. The highest BCUT2D eigenvalue weighted by atomic mass is 32.2. The Morgan fingerprint density at radius 3 is 2.59 bits per heavy atom. The van der Waals surface area contributed by atoms with Crippen molar-refractivity contribution in [2.45, 2.75) is 33.6 Å². The van der Waals surface area contributed by atoms with Crippen molar-refractivity contribution < 1.29 is 0 Å². The van der Waals surface area contributed by atoms with Crippen LogP contribution >= 0.6 is 11.8 Å².